The number of likely N-dealkylation sites (N-methyl/N-ethyl adjacent to an activating group) is 1. The second kappa shape index (κ2) is 4.53. The SMILES string of the molecule is CN1CCN(c2cccc(C3(CN)CCC3)c2)C1=O. The lowest BCUT2D eigenvalue weighted by Gasteiger charge is -2.41. The molecular formula is C15H21N3O. The summed E-state index contributed by atoms with van der Waals surface area (Å²) in [7, 11) is 1.85. The molecule has 1 heterocycles. The van der Waals surface area contributed by atoms with Gasteiger partial charge in [-0.2, -0.15) is 0 Å². The topological polar surface area (TPSA) is 49.6 Å². The van der Waals surface area contributed by atoms with E-state index in [-0.39, 0.29) is 11.4 Å². The molecule has 1 saturated heterocycles. The van der Waals surface area contributed by atoms with Crippen LogP contribution in [0.4, 0.5) is 10.5 Å². The fraction of sp³-hybridized carbons (Fsp3) is 0.533. The quantitative estimate of drug-likeness (QED) is 0.902. The van der Waals surface area contributed by atoms with Gasteiger partial charge >= 0.3 is 6.03 Å². The minimum atomic E-state index is 0.0903. The Morgan fingerprint density at radius 1 is 1.32 bits per heavy atom. The van der Waals surface area contributed by atoms with Crippen LogP contribution in [-0.2, 0) is 5.41 Å². The summed E-state index contributed by atoms with van der Waals surface area (Å²) >= 11 is 0. The van der Waals surface area contributed by atoms with E-state index in [1.54, 1.807) is 4.90 Å². The third-order valence-electron chi connectivity index (χ3n) is 4.69. The number of amides is 2. The fourth-order valence-corrected chi connectivity index (χ4v) is 3.10. The molecule has 0 bridgehead atoms. The predicted molar refractivity (Wildman–Crippen MR) is 76.4 cm³/mol. The molecule has 2 amide bonds. The van der Waals surface area contributed by atoms with Crippen LogP contribution in [0.25, 0.3) is 0 Å². The molecule has 4 nitrogen and oxygen atoms in total. The van der Waals surface area contributed by atoms with E-state index in [2.05, 4.69) is 12.1 Å². The first-order chi connectivity index (χ1) is 9.16. The van der Waals surface area contributed by atoms with Crippen LogP contribution in [0.2, 0.25) is 0 Å². The Morgan fingerprint density at radius 2 is 2.11 bits per heavy atom. The smallest absolute Gasteiger partial charge is 0.324 e. The van der Waals surface area contributed by atoms with Gasteiger partial charge in [0.1, 0.15) is 0 Å². The monoisotopic (exact) mass is 259 g/mol. The number of hydrogen-bond acceptors (Lipinski definition) is 2. The van der Waals surface area contributed by atoms with E-state index in [0.717, 1.165) is 18.8 Å². The molecule has 1 aromatic carbocycles. The van der Waals surface area contributed by atoms with Gasteiger partial charge in [0.05, 0.1) is 0 Å². The molecule has 4 heteroatoms. The average molecular weight is 259 g/mol. The highest BCUT2D eigenvalue weighted by atomic mass is 16.2. The third-order valence-corrected chi connectivity index (χ3v) is 4.69. The van der Waals surface area contributed by atoms with Crippen molar-refractivity contribution in [3.05, 3.63) is 29.8 Å². The highest BCUT2D eigenvalue weighted by Gasteiger charge is 2.37. The average Bonchev–Trinajstić information content (AvgIpc) is 2.70. The lowest BCUT2D eigenvalue weighted by Crippen LogP contribution is -2.41. The molecule has 0 radical (unpaired) electrons. The Balaban J connectivity index is 1.90. The van der Waals surface area contributed by atoms with Crippen LogP contribution in [0.1, 0.15) is 24.8 Å². The number of rotatable bonds is 3. The van der Waals surface area contributed by atoms with Crippen molar-refractivity contribution in [2.45, 2.75) is 24.7 Å². The van der Waals surface area contributed by atoms with Crippen molar-refractivity contribution in [3.8, 4) is 0 Å². The second-order valence-electron chi connectivity index (χ2n) is 5.74. The van der Waals surface area contributed by atoms with Crippen molar-refractivity contribution in [2.75, 3.05) is 31.6 Å². The summed E-state index contributed by atoms with van der Waals surface area (Å²) in [4.78, 5) is 15.7. The lowest BCUT2D eigenvalue weighted by atomic mass is 9.64. The van der Waals surface area contributed by atoms with Gasteiger partial charge in [-0.05, 0) is 30.5 Å². The molecule has 1 aliphatic carbocycles. The standard InChI is InChI=1S/C15H21N3O/c1-17-8-9-18(14(17)19)13-5-2-4-12(10-13)15(11-16)6-3-7-15/h2,4-5,10H,3,6-9,11,16H2,1H3. The number of urea groups is 1. The third kappa shape index (κ3) is 1.91. The molecule has 3 rings (SSSR count). The van der Waals surface area contributed by atoms with Gasteiger partial charge < -0.3 is 10.6 Å². The van der Waals surface area contributed by atoms with E-state index in [4.69, 9.17) is 5.73 Å². The summed E-state index contributed by atoms with van der Waals surface area (Å²) in [5, 5.41) is 0. The van der Waals surface area contributed by atoms with Gasteiger partial charge in [-0.25, -0.2) is 4.79 Å². The summed E-state index contributed by atoms with van der Waals surface area (Å²) in [6.07, 6.45) is 3.59. The van der Waals surface area contributed by atoms with Gasteiger partial charge in [0, 0.05) is 37.8 Å². The van der Waals surface area contributed by atoms with Crippen molar-refractivity contribution in [1.29, 1.82) is 0 Å². The van der Waals surface area contributed by atoms with Crippen molar-refractivity contribution >= 4 is 11.7 Å². The van der Waals surface area contributed by atoms with Gasteiger partial charge in [-0.1, -0.05) is 18.6 Å². The molecule has 2 aliphatic rings. The second-order valence-corrected chi connectivity index (χ2v) is 5.74. The molecule has 2 fully saturated rings. The van der Waals surface area contributed by atoms with Crippen LogP contribution >= 0.6 is 0 Å². The first-order valence-corrected chi connectivity index (χ1v) is 6.99. The Morgan fingerprint density at radius 3 is 2.63 bits per heavy atom. The molecule has 0 aromatic heterocycles. The van der Waals surface area contributed by atoms with E-state index in [1.807, 2.05) is 24.1 Å². The maximum absolute atomic E-state index is 12.0. The molecule has 0 spiro atoms. The van der Waals surface area contributed by atoms with Crippen LogP contribution in [0, 0.1) is 0 Å². The van der Waals surface area contributed by atoms with E-state index in [9.17, 15) is 4.79 Å². The number of carbonyl (C=O) groups excluding carboxylic acids is 1. The van der Waals surface area contributed by atoms with Gasteiger partial charge in [0.25, 0.3) is 0 Å². The Hall–Kier alpha value is -1.55. The normalized spacial score (nSPS) is 21.7. The van der Waals surface area contributed by atoms with Gasteiger partial charge in [-0.3, -0.25) is 4.90 Å². The molecular weight excluding hydrogens is 238 g/mol. The number of anilines is 1. The summed E-state index contributed by atoms with van der Waals surface area (Å²) in [6.45, 7) is 2.27. The zero-order valence-corrected chi connectivity index (χ0v) is 11.4. The van der Waals surface area contributed by atoms with Crippen molar-refractivity contribution in [3.63, 3.8) is 0 Å². The van der Waals surface area contributed by atoms with E-state index >= 15 is 0 Å². The molecule has 19 heavy (non-hydrogen) atoms. The first kappa shape index (κ1) is 12.5. The van der Waals surface area contributed by atoms with E-state index in [1.165, 1.54) is 24.8 Å². The number of nitrogens with two attached hydrogens (primary N) is 1. The first-order valence-electron chi connectivity index (χ1n) is 6.99. The Kier molecular flexibility index (Phi) is 2.97. The zero-order valence-electron chi connectivity index (χ0n) is 11.4. The number of nitrogens with zero attached hydrogens (tertiary/aromatic N) is 2. The molecule has 1 aromatic rings. The molecule has 1 saturated carbocycles. The maximum Gasteiger partial charge on any atom is 0.324 e. The fourth-order valence-electron chi connectivity index (χ4n) is 3.10. The van der Waals surface area contributed by atoms with Crippen molar-refractivity contribution < 1.29 is 4.79 Å². The minimum absolute atomic E-state index is 0.0903. The Bertz CT molecular complexity index is 490. The predicted octanol–water partition coefficient (Wildman–Crippen LogP) is 1.94. The molecule has 0 atom stereocenters. The zero-order chi connectivity index (χ0) is 13.5. The van der Waals surface area contributed by atoms with Crippen LogP contribution in [0.15, 0.2) is 24.3 Å². The van der Waals surface area contributed by atoms with Crippen LogP contribution in [0.3, 0.4) is 0 Å². The summed E-state index contributed by atoms with van der Waals surface area (Å²) in [6, 6.07) is 8.46. The number of carbonyl (C=O) groups is 1. The molecule has 102 valence electrons. The van der Waals surface area contributed by atoms with Crippen LogP contribution in [0.5, 0.6) is 0 Å². The lowest BCUT2D eigenvalue weighted by molar-refractivity contribution is 0.229. The van der Waals surface area contributed by atoms with Gasteiger partial charge in [-0.15, -0.1) is 0 Å². The van der Waals surface area contributed by atoms with Crippen molar-refractivity contribution in [2.24, 2.45) is 5.73 Å². The summed E-state index contributed by atoms with van der Waals surface area (Å²) in [5.41, 5.74) is 8.42. The largest absolute Gasteiger partial charge is 0.330 e. The van der Waals surface area contributed by atoms with Gasteiger partial charge in [0.2, 0.25) is 0 Å². The maximum atomic E-state index is 12.0. The highest BCUT2D eigenvalue weighted by molar-refractivity contribution is 5.94. The summed E-state index contributed by atoms with van der Waals surface area (Å²) < 4.78 is 0. The van der Waals surface area contributed by atoms with Crippen molar-refractivity contribution in [1.82, 2.24) is 4.90 Å². The molecule has 0 unspecified atom stereocenters. The molecule has 1 aliphatic heterocycles. The minimum Gasteiger partial charge on any atom is -0.330 e. The van der Waals surface area contributed by atoms with Crippen LogP contribution < -0.4 is 10.6 Å². The number of hydrogen-bond donors (Lipinski definition) is 1. The molecule has 2 N–H and O–H groups in total. The highest BCUT2D eigenvalue weighted by Crippen LogP contribution is 2.43. The van der Waals surface area contributed by atoms with E-state index < -0.39 is 0 Å². The number of benzene rings is 1. The van der Waals surface area contributed by atoms with E-state index in [0.29, 0.717) is 6.54 Å². The Labute approximate surface area is 114 Å². The van der Waals surface area contributed by atoms with Gasteiger partial charge in [0.15, 0.2) is 0 Å². The summed E-state index contributed by atoms with van der Waals surface area (Å²) in [5.74, 6) is 0. The van der Waals surface area contributed by atoms with Crippen LogP contribution in [-0.4, -0.2) is 37.6 Å².